The molecule has 0 bridgehead atoms. The molecule has 1 heterocycles. The molecular weight excluding hydrogens is 168 g/mol. The highest BCUT2D eigenvalue weighted by atomic mass is 16.5. The van der Waals surface area contributed by atoms with Crippen molar-refractivity contribution < 1.29 is 9.63 Å². The minimum Gasteiger partial charge on any atom is -0.392 e. The molecule has 1 rings (SSSR count). The summed E-state index contributed by atoms with van der Waals surface area (Å²) in [5.41, 5.74) is 1.83. The summed E-state index contributed by atoms with van der Waals surface area (Å²) in [4.78, 5) is 1.95. The van der Waals surface area contributed by atoms with Crippen LogP contribution in [0.5, 0.6) is 0 Å². The Morgan fingerprint density at radius 2 is 2.15 bits per heavy atom. The number of hydrogen-bond acceptors (Lipinski definition) is 4. The van der Waals surface area contributed by atoms with Gasteiger partial charge in [-0.25, -0.2) is 0 Å². The molecular formula is C9H16N2O2. The van der Waals surface area contributed by atoms with Crippen LogP contribution < -0.4 is 4.90 Å². The first-order valence-electron chi connectivity index (χ1n) is 4.34. The summed E-state index contributed by atoms with van der Waals surface area (Å²) in [6, 6.07) is 0. The van der Waals surface area contributed by atoms with Crippen molar-refractivity contribution in [1.29, 1.82) is 0 Å². The molecule has 74 valence electrons. The maximum absolute atomic E-state index is 9.21. The van der Waals surface area contributed by atoms with Crippen LogP contribution in [0.2, 0.25) is 0 Å². The minimum atomic E-state index is -0.348. The smallest absolute Gasteiger partial charge is 0.157 e. The van der Waals surface area contributed by atoms with E-state index in [9.17, 15) is 5.11 Å². The van der Waals surface area contributed by atoms with Crippen molar-refractivity contribution in [3.63, 3.8) is 0 Å². The quantitative estimate of drug-likeness (QED) is 0.764. The van der Waals surface area contributed by atoms with Gasteiger partial charge in [0.15, 0.2) is 5.76 Å². The number of anilines is 1. The Balaban J connectivity index is 2.81. The van der Waals surface area contributed by atoms with E-state index < -0.39 is 0 Å². The number of aryl methyl sites for hydroxylation is 2. The highest BCUT2D eigenvalue weighted by molar-refractivity contribution is 5.52. The van der Waals surface area contributed by atoms with Crippen LogP contribution in [0.3, 0.4) is 0 Å². The number of aromatic nitrogens is 1. The molecule has 1 atom stereocenters. The lowest BCUT2D eigenvalue weighted by atomic mass is 10.2. The van der Waals surface area contributed by atoms with Crippen molar-refractivity contribution in [1.82, 2.24) is 5.16 Å². The van der Waals surface area contributed by atoms with Crippen molar-refractivity contribution in [2.45, 2.75) is 26.9 Å². The van der Waals surface area contributed by atoms with Gasteiger partial charge in [0.25, 0.3) is 0 Å². The summed E-state index contributed by atoms with van der Waals surface area (Å²) in [5, 5.41) is 13.1. The van der Waals surface area contributed by atoms with Crippen molar-refractivity contribution >= 4 is 5.69 Å². The number of rotatable bonds is 3. The standard InChI is InChI=1S/C9H16N2O2/c1-6(12)5-11(4)9-7(2)10-13-8(9)3/h6,12H,5H2,1-4H3. The number of nitrogens with zero attached hydrogens (tertiary/aromatic N) is 2. The van der Waals surface area contributed by atoms with E-state index >= 15 is 0 Å². The third-order valence-electron chi connectivity index (χ3n) is 1.92. The summed E-state index contributed by atoms with van der Waals surface area (Å²) in [7, 11) is 1.92. The summed E-state index contributed by atoms with van der Waals surface area (Å²) in [6.07, 6.45) is -0.348. The molecule has 13 heavy (non-hydrogen) atoms. The lowest BCUT2D eigenvalue weighted by molar-refractivity contribution is 0.201. The van der Waals surface area contributed by atoms with E-state index in [2.05, 4.69) is 5.16 Å². The van der Waals surface area contributed by atoms with Crippen LogP contribution in [-0.2, 0) is 0 Å². The average molecular weight is 184 g/mol. The summed E-state index contributed by atoms with van der Waals surface area (Å²) in [5.74, 6) is 0.792. The van der Waals surface area contributed by atoms with E-state index in [4.69, 9.17) is 4.52 Å². The van der Waals surface area contributed by atoms with Gasteiger partial charge in [0.2, 0.25) is 0 Å². The summed E-state index contributed by atoms with van der Waals surface area (Å²) < 4.78 is 5.02. The zero-order valence-electron chi connectivity index (χ0n) is 8.53. The average Bonchev–Trinajstić information content (AvgIpc) is 2.29. The molecule has 0 aliphatic heterocycles. The van der Waals surface area contributed by atoms with Gasteiger partial charge in [-0.1, -0.05) is 5.16 Å². The lowest BCUT2D eigenvalue weighted by Gasteiger charge is -2.19. The normalized spacial score (nSPS) is 13.0. The number of likely N-dealkylation sites (N-methyl/N-ethyl adjacent to an activating group) is 1. The predicted molar refractivity (Wildman–Crippen MR) is 50.9 cm³/mol. The second-order valence-electron chi connectivity index (χ2n) is 3.40. The molecule has 0 spiro atoms. The second kappa shape index (κ2) is 3.79. The first kappa shape index (κ1) is 10.1. The molecule has 4 nitrogen and oxygen atoms in total. The second-order valence-corrected chi connectivity index (χ2v) is 3.40. The van der Waals surface area contributed by atoms with E-state index in [1.807, 2.05) is 25.8 Å². The van der Waals surface area contributed by atoms with Crippen LogP contribution in [0, 0.1) is 13.8 Å². The van der Waals surface area contributed by atoms with Crippen LogP contribution in [0.25, 0.3) is 0 Å². The van der Waals surface area contributed by atoms with Gasteiger partial charge in [-0.3, -0.25) is 0 Å². The highest BCUT2D eigenvalue weighted by Gasteiger charge is 2.14. The minimum absolute atomic E-state index is 0.348. The zero-order valence-corrected chi connectivity index (χ0v) is 8.53. The van der Waals surface area contributed by atoms with Crippen LogP contribution in [-0.4, -0.2) is 30.0 Å². The first-order valence-corrected chi connectivity index (χ1v) is 4.34. The molecule has 0 aromatic carbocycles. The molecule has 0 radical (unpaired) electrons. The number of hydrogen-bond donors (Lipinski definition) is 1. The molecule has 0 fully saturated rings. The van der Waals surface area contributed by atoms with Crippen molar-refractivity contribution in [2.75, 3.05) is 18.5 Å². The van der Waals surface area contributed by atoms with Gasteiger partial charge in [0.1, 0.15) is 11.4 Å². The number of aliphatic hydroxyl groups is 1. The van der Waals surface area contributed by atoms with Crippen LogP contribution in [0.4, 0.5) is 5.69 Å². The van der Waals surface area contributed by atoms with Gasteiger partial charge in [-0.05, 0) is 20.8 Å². The predicted octanol–water partition coefficient (Wildman–Crippen LogP) is 1.11. The Bertz CT molecular complexity index is 262. The van der Waals surface area contributed by atoms with E-state index in [-0.39, 0.29) is 6.10 Å². The van der Waals surface area contributed by atoms with E-state index in [0.29, 0.717) is 6.54 Å². The molecule has 0 aliphatic rings. The fraction of sp³-hybridized carbons (Fsp3) is 0.667. The molecule has 0 saturated heterocycles. The Kier molecular flexibility index (Phi) is 2.93. The van der Waals surface area contributed by atoms with Crippen LogP contribution >= 0.6 is 0 Å². The van der Waals surface area contributed by atoms with Gasteiger partial charge >= 0.3 is 0 Å². The lowest BCUT2D eigenvalue weighted by Crippen LogP contribution is -2.27. The molecule has 1 aromatic heterocycles. The first-order chi connectivity index (χ1) is 6.02. The summed E-state index contributed by atoms with van der Waals surface area (Å²) in [6.45, 7) is 6.11. The Morgan fingerprint density at radius 1 is 1.54 bits per heavy atom. The van der Waals surface area contributed by atoms with E-state index in [1.165, 1.54) is 0 Å². The molecule has 0 saturated carbocycles. The zero-order chi connectivity index (χ0) is 10.0. The Labute approximate surface area is 78.1 Å². The third kappa shape index (κ3) is 2.21. The van der Waals surface area contributed by atoms with Crippen LogP contribution in [0.1, 0.15) is 18.4 Å². The molecule has 0 aliphatic carbocycles. The van der Waals surface area contributed by atoms with Crippen LogP contribution in [0.15, 0.2) is 4.52 Å². The fourth-order valence-electron chi connectivity index (χ4n) is 1.51. The SMILES string of the molecule is Cc1noc(C)c1N(C)CC(C)O. The molecule has 1 aromatic rings. The Morgan fingerprint density at radius 3 is 2.54 bits per heavy atom. The fourth-order valence-corrected chi connectivity index (χ4v) is 1.51. The van der Waals surface area contributed by atoms with Gasteiger partial charge in [-0.2, -0.15) is 0 Å². The van der Waals surface area contributed by atoms with E-state index in [0.717, 1.165) is 17.1 Å². The van der Waals surface area contributed by atoms with Gasteiger partial charge in [0, 0.05) is 13.6 Å². The van der Waals surface area contributed by atoms with Crippen molar-refractivity contribution in [3.8, 4) is 0 Å². The maximum atomic E-state index is 9.21. The molecule has 0 amide bonds. The van der Waals surface area contributed by atoms with Crippen molar-refractivity contribution in [3.05, 3.63) is 11.5 Å². The third-order valence-corrected chi connectivity index (χ3v) is 1.92. The monoisotopic (exact) mass is 184 g/mol. The Hall–Kier alpha value is -1.03. The number of aliphatic hydroxyl groups excluding tert-OH is 1. The van der Waals surface area contributed by atoms with E-state index in [1.54, 1.807) is 6.92 Å². The molecule has 4 heteroatoms. The topological polar surface area (TPSA) is 49.5 Å². The van der Waals surface area contributed by atoms with Gasteiger partial charge < -0.3 is 14.5 Å². The summed E-state index contributed by atoms with van der Waals surface area (Å²) >= 11 is 0. The maximum Gasteiger partial charge on any atom is 0.157 e. The van der Waals surface area contributed by atoms with Crippen molar-refractivity contribution in [2.24, 2.45) is 0 Å². The van der Waals surface area contributed by atoms with Gasteiger partial charge in [0.05, 0.1) is 6.10 Å². The molecule has 1 N–H and O–H groups in total. The largest absolute Gasteiger partial charge is 0.392 e. The molecule has 1 unspecified atom stereocenters. The highest BCUT2D eigenvalue weighted by Crippen LogP contribution is 2.22. The van der Waals surface area contributed by atoms with Gasteiger partial charge in [-0.15, -0.1) is 0 Å².